The van der Waals surface area contributed by atoms with Gasteiger partial charge in [-0.1, -0.05) is 179 Å². The minimum absolute atomic E-state index is 0.211. The van der Waals surface area contributed by atoms with Gasteiger partial charge in [-0.05, 0) is 146 Å². The lowest BCUT2D eigenvalue weighted by Gasteiger charge is -2.37. The summed E-state index contributed by atoms with van der Waals surface area (Å²) in [5.74, 6) is 3.94. The number of hydrogen-bond donors (Lipinski definition) is 0. The Kier molecular flexibility index (Phi) is 9.16. The van der Waals surface area contributed by atoms with Crippen LogP contribution in [0.2, 0.25) is 0 Å². The monoisotopic (exact) mass is 914 g/mol. The highest BCUT2D eigenvalue weighted by Crippen LogP contribution is 2.59. The molecule has 14 rings (SSSR count). The van der Waals surface area contributed by atoms with Gasteiger partial charge in [-0.25, -0.2) is 0 Å². The number of benzene rings is 9. The highest BCUT2D eigenvalue weighted by atomic mass is 16.5. The Morgan fingerprint density at radius 3 is 1.48 bits per heavy atom. The smallest absolute Gasteiger partial charge is 0.151 e. The molecule has 5 aliphatic rings. The van der Waals surface area contributed by atoms with Gasteiger partial charge in [-0.3, -0.25) is 0 Å². The summed E-state index contributed by atoms with van der Waals surface area (Å²) in [6.07, 6.45) is 10.1. The van der Waals surface area contributed by atoms with Crippen LogP contribution in [0.3, 0.4) is 0 Å². The van der Waals surface area contributed by atoms with Gasteiger partial charge in [0, 0.05) is 22.7 Å². The number of para-hydroxylation sites is 6. The predicted molar refractivity (Wildman–Crippen MR) is 291 cm³/mol. The normalized spacial score (nSPS) is 17.0. The molecule has 9 aromatic carbocycles. The number of hydrogen-bond acceptors (Lipinski definition) is 4. The average Bonchev–Trinajstić information content (AvgIpc) is 3.83. The van der Waals surface area contributed by atoms with Crippen molar-refractivity contribution < 1.29 is 9.47 Å². The molecule has 0 radical (unpaired) electrons. The maximum Gasteiger partial charge on any atom is 0.151 e. The van der Waals surface area contributed by atoms with E-state index in [-0.39, 0.29) is 5.41 Å². The molecule has 1 atom stereocenters. The molecule has 3 aliphatic carbocycles. The third kappa shape index (κ3) is 6.17. The molecule has 0 amide bonds. The zero-order chi connectivity index (χ0) is 47.4. The highest BCUT2D eigenvalue weighted by molar-refractivity contribution is 5.93. The molecule has 0 saturated heterocycles. The van der Waals surface area contributed by atoms with Gasteiger partial charge in [-0.15, -0.1) is 0 Å². The van der Waals surface area contributed by atoms with Crippen LogP contribution in [0.5, 0.6) is 17.2 Å². The van der Waals surface area contributed by atoms with E-state index < -0.39 is 5.41 Å². The molecule has 2 heterocycles. The number of ether oxygens (including phenoxy) is 2. The third-order valence-electron chi connectivity index (χ3n) is 15.7. The summed E-state index contributed by atoms with van der Waals surface area (Å²) in [6, 6.07) is 75.4. The maximum absolute atomic E-state index is 6.56. The summed E-state index contributed by atoms with van der Waals surface area (Å²) >= 11 is 0. The van der Waals surface area contributed by atoms with E-state index in [0.29, 0.717) is 5.92 Å². The lowest BCUT2D eigenvalue weighted by Crippen LogP contribution is -2.29. The van der Waals surface area contributed by atoms with E-state index in [0.717, 1.165) is 69.1 Å². The van der Waals surface area contributed by atoms with Crippen molar-refractivity contribution in [2.75, 3.05) is 9.80 Å². The summed E-state index contributed by atoms with van der Waals surface area (Å²) in [6.45, 7) is 7.01. The van der Waals surface area contributed by atoms with Gasteiger partial charge in [0.1, 0.15) is 5.76 Å². The molecular weight excluding hydrogens is 865 g/mol. The van der Waals surface area contributed by atoms with Crippen molar-refractivity contribution >= 4 is 40.6 Å². The second-order valence-corrected chi connectivity index (χ2v) is 20.1. The van der Waals surface area contributed by atoms with E-state index >= 15 is 0 Å². The molecule has 0 saturated carbocycles. The first-order valence-corrected chi connectivity index (χ1v) is 24.9. The standard InChI is InChI=1S/C67H50N2O2/c1-43-17-16-25-61-65(43)71-64-28-15-12-24-60(64)69(61)48-33-37-51-50-35-31-44(39-54(50)66(2,3)55(51)41-48)29-30-45-32-36-52-53-38-34-49(68-58-22-10-13-26-62(58)70-63-27-14-11-23-59(63)68)42-57(53)67(56(52)40-45,46-18-6-4-7-19-46)47-20-8-5-9-21-47/h4-16,18-43H,17H2,1-3H3. The van der Waals surface area contributed by atoms with E-state index in [4.69, 9.17) is 9.47 Å². The Bertz CT molecular complexity index is 3660. The fraction of sp³-hybridized carbons (Fsp3) is 0.104. The van der Waals surface area contributed by atoms with Gasteiger partial charge < -0.3 is 19.3 Å². The third-order valence-corrected chi connectivity index (χ3v) is 15.7. The van der Waals surface area contributed by atoms with Crippen molar-refractivity contribution in [3.8, 4) is 39.5 Å². The van der Waals surface area contributed by atoms with Crippen LogP contribution in [0, 0.1) is 5.92 Å². The highest BCUT2D eigenvalue weighted by Gasteiger charge is 2.47. The molecule has 71 heavy (non-hydrogen) atoms. The second-order valence-electron chi connectivity index (χ2n) is 20.1. The predicted octanol–water partition coefficient (Wildman–Crippen LogP) is 17.4. The number of allylic oxidation sites excluding steroid dienone is 3. The lowest BCUT2D eigenvalue weighted by molar-refractivity contribution is 0.342. The summed E-state index contributed by atoms with van der Waals surface area (Å²) in [5.41, 5.74) is 20.8. The second kappa shape index (κ2) is 15.7. The van der Waals surface area contributed by atoms with Crippen LogP contribution in [-0.4, -0.2) is 0 Å². The summed E-state index contributed by atoms with van der Waals surface area (Å²) in [4.78, 5) is 4.75. The molecular formula is C67H50N2O2. The van der Waals surface area contributed by atoms with Crippen molar-refractivity contribution in [2.45, 2.75) is 38.0 Å². The molecule has 4 heteroatoms. The van der Waals surface area contributed by atoms with Crippen molar-refractivity contribution in [1.29, 1.82) is 0 Å². The lowest BCUT2D eigenvalue weighted by atomic mass is 9.67. The van der Waals surface area contributed by atoms with E-state index in [1.54, 1.807) is 0 Å². The van der Waals surface area contributed by atoms with Crippen molar-refractivity contribution in [3.63, 3.8) is 0 Å². The first-order valence-electron chi connectivity index (χ1n) is 24.9. The molecule has 340 valence electrons. The van der Waals surface area contributed by atoms with Crippen molar-refractivity contribution in [3.05, 3.63) is 274 Å². The minimum atomic E-state index is -0.590. The fourth-order valence-corrected chi connectivity index (χ4v) is 12.3. The molecule has 0 N–H and O–H groups in total. The molecule has 0 fully saturated rings. The Morgan fingerprint density at radius 2 is 0.887 bits per heavy atom. The molecule has 0 spiro atoms. The van der Waals surface area contributed by atoms with Gasteiger partial charge in [-0.2, -0.15) is 0 Å². The Hall–Kier alpha value is -8.60. The summed E-state index contributed by atoms with van der Waals surface area (Å²) in [7, 11) is 0. The first-order chi connectivity index (χ1) is 34.9. The summed E-state index contributed by atoms with van der Waals surface area (Å²) < 4.78 is 13.0. The van der Waals surface area contributed by atoms with Gasteiger partial charge in [0.05, 0.1) is 28.2 Å². The van der Waals surface area contributed by atoms with E-state index in [9.17, 15) is 0 Å². The number of fused-ring (bicyclic) bond motifs is 9. The molecule has 2 aliphatic heterocycles. The van der Waals surface area contributed by atoms with Crippen molar-refractivity contribution in [2.24, 2.45) is 5.92 Å². The van der Waals surface area contributed by atoms with Gasteiger partial charge in [0.25, 0.3) is 0 Å². The Morgan fingerprint density at radius 1 is 0.451 bits per heavy atom. The average molecular weight is 915 g/mol. The van der Waals surface area contributed by atoms with E-state index in [1.807, 2.05) is 12.1 Å². The first kappa shape index (κ1) is 41.4. The minimum Gasteiger partial charge on any atom is -0.457 e. The number of anilines is 5. The molecule has 0 bridgehead atoms. The van der Waals surface area contributed by atoms with Crippen molar-refractivity contribution in [1.82, 2.24) is 0 Å². The quantitative estimate of drug-likeness (QED) is 0.155. The van der Waals surface area contributed by atoms with Crippen LogP contribution >= 0.6 is 0 Å². The van der Waals surface area contributed by atoms with Crippen LogP contribution in [0.15, 0.2) is 230 Å². The van der Waals surface area contributed by atoms with Crippen LogP contribution in [0.1, 0.15) is 71.7 Å². The van der Waals surface area contributed by atoms with Crippen LogP contribution in [0.4, 0.5) is 28.4 Å². The largest absolute Gasteiger partial charge is 0.457 e. The Balaban J connectivity index is 0.852. The topological polar surface area (TPSA) is 24.9 Å². The van der Waals surface area contributed by atoms with Crippen LogP contribution in [0.25, 0.3) is 34.4 Å². The molecule has 4 nitrogen and oxygen atoms in total. The molecule has 9 aromatic rings. The fourth-order valence-electron chi connectivity index (χ4n) is 12.3. The summed E-state index contributed by atoms with van der Waals surface area (Å²) in [5, 5.41) is 0. The number of rotatable bonds is 6. The number of nitrogens with zero attached hydrogens (tertiary/aromatic N) is 2. The van der Waals surface area contributed by atoms with Gasteiger partial charge >= 0.3 is 0 Å². The Labute approximate surface area is 415 Å². The van der Waals surface area contributed by atoms with Crippen LogP contribution < -0.4 is 19.3 Å². The van der Waals surface area contributed by atoms with Gasteiger partial charge in [0.15, 0.2) is 17.2 Å². The molecule has 1 unspecified atom stereocenters. The van der Waals surface area contributed by atoms with Gasteiger partial charge in [0.2, 0.25) is 0 Å². The zero-order valence-electron chi connectivity index (χ0n) is 39.9. The SMILES string of the molecule is CC1CC=CC2=C1Oc1ccccc1N2c1ccc2c(c1)C(C)(C)c1cc(C=Cc3ccc4c(c3)C(c3ccccc3)(c3ccccc3)c3cc(N5c6ccccc6Oc6ccccc65)ccc3-4)ccc1-2. The molecule has 0 aromatic heterocycles. The van der Waals surface area contributed by atoms with E-state index in [2.05, 4.69) is 249 Å². The van der Waals surface area contributed by atoms with Crippen LogP contribution in [-0.2, 0) is 10.8 Å². The maximum atomic E-state index is 6.56. The van der Waals surface area contributed by atoms with E-state index in [1.165, 1.54) is 61.2 Å². The zero-order valence-corrected chi connectivity index (χ0v) is 39.9.